The molecule has 0 saturated carbocycles. The molecule has 2 saturated heterocycles. The van der Waals surface area contributed by atoms with Gasteiger partial charge < -0.3 is 14.4 Å². The standard InChI is InChI=1S/C19H29N3O5S/c1-26-16-6-7-17(27-2)18(14-16)28(24,25)22-12-10-20(11-13-22)15-19(23)21-8-4-3-5-9-21/h6-7,14H,3-5,8-13,15H2,1-2H3. The molecule has 1 amide bonds. The third kappa shape index (κ3) is 4.59. The molecule has 2 aliphatic heterocycles. The predicted octanol–water partition coefficient (Wildman–Crippen LogP) is 1.02. The minimum Gasteiger partial charge on any atom is -0.497 e. The fourth-order valence-electron chi connectivity index (χ4n) is 3.69. The maximum atomic E-state index is 13.1. The van der Waals surface area contributed by atoms with E-state index in [1.165, 1.54) is 31.0 Å². The summed E-state index contributed by atoms with van der Waals surface area (Å²) in [6.45, 7) is 3.78. The molecule has 9 heteroatoms. The Morgan fingerprint density at radius 3 is 2.25 bits per heavy atom. The minimum absolute atomic E-state index is 0.104. The van der Waals surface area contributed by atoms with Gasteiger partial charge in [-0.15, -0.1) is 0 Å². The largest absolute Gasteiger partial charge is 0.497 e. The van der Waals surface area contributed by atoms with E-state index >= 15 is 0 Å². The van der Waals surface area contributed by atoms with Crippen LogP contribution in [0.2, 0.25) is 0 Å². The highest BCUT2D eigenvalue weighted by Crippen LogP contribution is 2.31. The van der Waals surface area contributed by atoms with Gasteiger partial charge in [-0.3, -0.25) is 9.69 Å². The van der Waals surface area contributed by atoms with Crippen molar-refractivity contribution in [1.29, 1.82) is 0 Å². The molecule has 0 N–H and O–H groups in total. The fourth-order valence-corrected chi connectivity index (χ4v) is 5.28. The number of hydrogen-bond acceptors (Lipinski definition) is 6. The molecular weight excluding hydrogens is 382 g/mol. The zero-order valence-corrected chi connectivity index (χ0v) is 17.4. The topological polar surface area (TPSA) is 79.4 Å². The number of hydrogen-bond donors (Lipinski definition) is 0. The second-order valence-electron chi connectivity index (χ2n) is 7.14. The van der Waals surface area contributed by atoms with Crippen molar-refractivity contribution in [3.05, 3.63) is 18.2 Å². The quantitative estimate of drug-likeness (QED) is 0.696. The number of sulfonamides is 1. The van der Waals surface area contributed by atoms with Crippen LogP contribution in [-0.2, 0) is 14.8 Å². The van der Waals surface area contributed by atoms with Crippen molar-refractivity contribution in [3.63, 3.8) is 0 Å². The van der Waals surface area contributed by atoms with Gasteiger partial charge in [0, 0.05) is 45.3 Å². The average Bonchev–Trinajstić information content (AvgIpc) is 2.74. The molecule has 8 nitrogen and oxygen atoms in total. The van der Waals surface area contributed by atoms with Crippen LogP contribution in [0.25, 0.3) is 0 Å². The van der Waals surface area contributed by atoms with Gasteiger partial charge in [-0.25, -0.2) is 8.42 Å². The lowest BCUT2D eigenvalue weighted by Crippen LogP contribution is -2.51. The molecule has 2 heterocycles. The molecule has 0 unspecified atom stereocenters. The Bertz CT molecular complexity index is 785. The van der Waals surface area contributed by atoms with E-state index < -0.39 is 10.0 Å². The van der Waals surface area contributed by atoms with Gasteiger partial charge in [0.25, 0.3) is 0 Å². The van der Waals surface area contributed by atoms with Crippen LogP contribution in [0.1, 0.15) is 19.3 Å². The first-order valence-electron chi connectivity index (χ1n) is 9.68. The number of ether oxygens (including phenoxy) is 2. The number of carbonyl (C=O) groups is 1. The fraction of sp³-hybridized carbons (Fsp3) is 0.632. The normalized spacial score (nSPS) is 19.4. The molecule has 2 aliphatic rings. The number of carbonyl (C=O) groups excluding carboxylic acids is 1. The van der Waals surface area contributed by atoms with Crippen LogP contribution >= 0.6 is 0 Å². The second-order valence-corrected chi connectivity index (χ2v) is 9.04. The van der Waals surface area contributed by atoms with E-state index in [1.54, 1.807) is 12.1 Å². The summed E-state index contributed by atoms with van der Waals surface area (Å²) in [6.07, 6.45) is 3.33. The van der Waals surface area contributed by atoms with E-state index in [0.717, 1.165) is 25.9 Å². The number of benzene rings is 1. The molecule has 156 valence electrons. The van der Waals surface area contributed by atoms with Crippen molar-refractivity contribution in [2.24, 2.45) is 0 Å². The molecule has 2 fully saturated rings. The van der Waals surface area contributed by atoms with Gasteiger partial charge in [-0.1, -0.05) is 0 Å². The van der Waals surface area contributed by atoms with Gasteiger partial charge in [-0.2, -0.15) is 4.31 Å². The van der Waals surface area contributed by atoms with Crippen LogP contribution in [0, 0.1) is 0 Å². The molecule has 0 aliphatic carbocycles. The first-order valence-corrected chi connectivity index (χ1v) is 11.1. The summed E-state index contributed by atoms with van der Waals surface area (Å²) in [6, 6.07) is 4.75. The Morgan fingerprint density at radius 2 is 1.64 bits per heavy atom. The van der Waals surface area contributed by atoms with Crippen molar-refractivity contribution in [2.45, 2.75) is 24.2 Å². The van der Waals surface area contributed by atoms with Crippen molar-refractivity contribution >= 4 is 15.9 Å². The van der Waals surface area contributed by atoms with E-state index in [-0.39, 0.29) is 10.8 Å². The van der Waals surface area contributed by atoms with Crippen molar-refractivity contribution in [2.75, 3.05) is 60.0 Å². The van der Waals surface area contributed by atoms with Crippen LogP contribution in [0.3, 0.4) is 0 Å². The number of piperazine rings is 1. The molecule has 1 aromatic carbocycles. The van der Waals surface area contributed by atoms with Crippen LogP contribution in [0.5, 0.6) is 11.5 Å². The highest BCUT2D eigenvalue weighted by molar-refractivity contribution is 7.89. The Hall–Kier alpha value is -1.84. The average molecular weight is 412 g/mol. The van der Waals surface area contributed by atoms with Gasteiger partial charge in [-0.05, 0) is 31.4 Å². The molecule has 0 atom stereocenters. The Morgan fingerprint density at radius 1 is 0.964 bits per heavy atom. The Labute approximate surface area is 167 Å². The van der Waals surface area contributed by atoms with E-state index in [4.69, 9.17) is 9.47 Å². The van der Waals surface area contributed by atoms with Gasteiger partial charge >= 0.3 is 0 Å². The smallest absolute Gasteiger partial charge is 0.246 e. The van der Waals surface area contributed by atoms with Crippen molar-refractivity contribution in [1.82, 2.24) is 14.1 Å². The molecule has 3 rings (SSSR count). The molecule has 0 bridgehead atoms. The van der Waals surface area contributed by atoms with Gasteiger partial charge in [0.1, 0.15) is 16.4 Å². The van der Waals surface area contributed by atoms with E-state index in [0.29, 0.717) is 44.2 Å². The SMILES string of the molecule is COc1ccc(OC)c(S(=O)(=O)N2CCN(CC(=O)N3CCCCC3)CC2)c1. The molecule has 28 heavy (non-hydrogen) atoms. The molecule has 0 radical (unpaired) electrons. The van der Waals surface area contributed by atoms with Gasteiger partial charge in [0.15, 0.2) is 0 Å². The summed E-state index contributed by atoms with van der Waals surface area (Å²) in [4.78, 5) is 16.5. The maximum Gasteiger partial charge on any atom is 0.246 e. The number of methoxy groups -OCH3 is 2. The molecule has 1 aromatic rings. The van der Waals surface area contributed by atoms with E-state index in [1.807, 2.05) is 9.80 Å². The maximum absolute atomic E-state index is 13.1. The molecule has 0 spiro atoms. The lowest BCUT2D eigenvalue weighted by Gasteiger charge is -2.35. The van der Waals surface area contributed by atoms with Crippen molar-refractivity contribution in [3.8, 4) is 11.5 Å². The van der Waals surface area contributed by atoms with Crippen LogP contribution in [0.15, 0.2) is 23.1 Å². The Balaban J connectivity index is 1.63. The Kier molecular flexibility index (Phi) is 6.79. The van der Waals surface area contributed by atoms with Crippen LogP contribution in [0.4, 0.5) is 0 Å². The van der Waals surface area contributed by atoms with Gasteiger partial charge in [0.2, 0.25) is 15.9 Å². The minimum atomic E-state index is -3.70. The highest BCUT2D eigenvalue weighted by atomic mass is 32.2. The lowest BCUT2D eigenvalue weighted by atomic mass is 10.1. The van der Waals surface area contributed by atoms with Crippen molar-refractivity contribution < 1.29 is 22.7 Å². The van der Waals surface area contributed by atoms with Gasteiger partial charge in [0.05, 0.1) is 20.8 Å². The highest BCUT2D eigenvalue weighted by Gasteiger charge is 2.32. The van der Waals surface area contributed by atoms with E-state index in [9.17, 15) is 13.2 Å². The number of piperidine rings is 1. The zero-order chi connectivity index (χ0) is 20.1. The summed E-state index contributed by atoms with van der Waals surface area (Å²) in [5.74, 6) is 0.902. The third-order valence-electron chi connectivity index (χ3n) is 5.39. The first kappa shape index (κ1) is 20.9. The molecule has 0 aromatic heterocycles. The second kappa shape index (κ2) is 9.11. The summed E-state index contributed by atoms with van der Waals surface area (Å²) >= 11 is 0. The van der Waals surface area contributed by atoms with Crippen LogP contribution < -0.4 is 9.47 Å². The lowest BCUT2D eigenvalue weighted by molar-refractivity contribution is -0.133. The summed E-state index contributed by atoms with van der Waals surface area (Å²) < 4.78 is 38.1. The number of nitrogens with zero attached hydrogens (tertiary/aromatic N) is 3. The monoisotopic (exact) mass is 411 g/mol. The number of rotatable bonds is 6. The number of amides is 1. The summed E-state index contributed by atoms with van der Waals surface area (Å²) in [5, 5.41) is 0. The summed E-state index contributed by atoms with van der Waals surface area (Å²) in [5.41, 5.74) is 0. The first-order chi connectivity index (χ1) is 13.5. The number of likely N-dealkylation sites (tertiary alicyclic amines) is 1. The summed E-state index contributed by atoms with van der Waals surface area (Å²) in [7, 11) is -0.758. The van der Waals surface area contributed by atoms with Crippen LogP contribution in [-0.4, -0.2) is 88.5 Å². The third-order valence-corrected chi connectivity index (χ3v) is 7.31. The molecular formula is C19H29N3O5S. The van der Waals surface area contributed by atoms with E-state index in [2.05, 4.69) is 0 Å². The predicted molar refractivity (Wildman–Crippen MR) is 105 cm³/mol. The zero-order valence-electron chi connectivity index (χ0n) is 16.6.